The molecule has 1 aromatic carbocycles. The van der Waals surface area contributed by atoms with E-state index < -0.39 is 41.5 Å². The fraction of sp³-hybridized carbons (Fsp3) is 0.562. The summed E-state index contributed by atoms with van der Waals surface area (Å²) in [6.45, 7) is 3.61. The van der Waals surface area contributed by atoms with Crippen LogP contribution in [0.1, 0.15) is 110 Å². The van der Waals surface area contributed by atoms with Crippen molar-refractivity contribution in [2.24, 2.45) is 18.9 Å². The predicted molar refractivity (Wildman–Crippen MR) is 250 cm³/mol. The number of carbonyl (C=O) groups excluding carboxylic acids is 3. The molecule has 0 bridgehead atoms. The second-order valence-electron chi connectivity index (χ2n) is 19.0. The number of hydrogen-bond donors (Lipinski definition) is 3. The van der Waals surface area contributed by atoms with Gasteiger partial charge in [-0.2, -0.15) is 27.9 Å². The van der Waals surface area contributed by atoms with Gasteiger partial charge < -0.3 is 24.6 Å². The number of nitrogens with one attached hydrogen (secondary N) is 2. The number of carbonyl (C=O) groups is 3. The number of fused-ring (bicyclic) bond motifs is 2. The molecule has 4 aromatic heterocycles. The SMILES string of the molecule is Cn1nc(C2CCC(=O)NC2=O)c2cccc(C#CCO[C@H]3CCN(CC4CCC(n5cc(NC(=O)c6cnn7ccc(N8CCOC(CC9CC9)C8)nc67)c(C(F)F)n5)CC4)C[C@@H](F)C3S)c21. The summed E-state index contributed by atoms with van der Waals surface area (Å²) in [4.78, 5) is 47.1. The molecule has 5 aliphatic rings. The van der Waals surface area contributed by atoms with Gasteiger partial charge in [-0.05, 0) is 68.9 Å². The van der Waals surface area contributed by atoms with Gasteiger partial charge >= 0.3 is 0 Å². The molecule has 5 atom stereocenters. The summed E-state index contributed by atoms with van der Waals surface area (Å²) in [5.74, 6) is 6.23. The number of benzene rings is 1. The average molecular weight is 956 g/mol. The lowest BCUT2D eigenvalue weighted by Gasteiger charge is -2.33. The largest absolute Gasteiger partial charge is 0.375 e. The summed E-state index contributed by atoms with van der Waals surface area (Å²) in [7, 11) is 1.80. The number of ether oxygens (including phenoxy) is 2. The normalized spacial score (nSPS) is 26.2. The van der Waals surface area contributed by atoms with Gasteiger partial charge in [0, 0.05) is 64.0 Å². The Morgan fingerprint density at radius 1 is 1.04 bits per heavy atom. The Balaban J connectivity index is 0.721. The molecule has 0 radical (unpaired) electrons. The number of aryl methyl sites for hydroxylation is 1. The van der Waals surface area contributed by atoms with Gasteiger partial charge in [0.25, 0.3) is 12.3 Å². The number of likely N-dealkylation sites (tertiary alicyclic amines) is 1. The summed E-state index contributed by atoms with van der Waals surface area (Å²) in [5.41, 5.74) is 2.07. The molecule has 2 saturated carbocycles. The van der Waals surface area contributed by atoms with Gasteiger partial charge in [0.1, 0.15) is 24.2 Å². The summed E-state index contributed by atoms with van der Waals surface area (Å²) < 4.78 is 61.4. The van der Waals surface area contributed by atoms with Gasteiger partial charge in [-0.25, -0.2) is 22.7 Å². The Hall–Kier alpha value is -5.49. The van der Waals surface area contributed by atoms with E-state index in [0.717, 1.165) is 36.1 Å². The first kappa shape index (κ1) is 46.2. The number of halogens is 3. The molecule has 20 heteroatoms. The fourth-order valence-corrected chi connectivity index (χ4v) is 10.8. The summed E-state index contributed by atoms with van der Waals surface area (Å²) >= 11 is 4.65. The maximum Gasteiger partial charge on any atom is 0.284 e. The van der Waals surface area contributed by atoms with Gasteiger partial charge in [-0.3, -0.25) is 29.1 Å². The lowest BCUT2D eigenvalue weighted by atomic mass is 9.85. The quantitative estimate of drug-likeness (QED) is 0.0759. The molecule has 5 aromatic rings. The monoisotopic (exact) mass is 955 g/mol. The Kier molecular flexibility index (Phi) is 13.5. The summed E-state index contributed by atoms with van der Waals surface area (Å²) in [6.07, 6.45) is 7.98. The molecule has 7 heterocycles. The number of rotatable bonds is 12. The van der Waals surface area contributed by atoms with Crippen molar-refractivity contribution < 1.29 is 37.0 Å². The molecule has 68 heavy (non-hydrogen) atoms. The van der Waals surface area contributed by atoms with E-state index >= 15 is 4.39 Å². The number of anilines is 2. The van der Waals surface area contributed by atoms with Crippen molar-refractivity contribution in [3.8, 4) is 11.8 Å². The highest BCUT2D eigenvalue weighted by Gasteiger charge is 2.36. The van der Waals surface area contributed by atoms with E-state index in [9.17, 15) is 23.2 Å². The molecule has 0 spiro atoms. The van der Waals surface area contributed by atoms with Crippen LogP contribution < -0.4 is 15.5 Å². The van der Waals surface area contributed by atoms with E-state index in [2.05, 4.69) is 60.2 Å². The third-order valence-corrected chi connectivity index (χ3v) is 14.9. The smallest absolute Gasteiger partial charge is 0.284 e. The van der Waals surface area contributed by atoms with Crippen LogP contribution in [-0.2, 0) is 26.1 Å². The Labute approximate surface area is 397 Å². The first-order chi connectivity index (χ1) is 32.9. The molecule has 3 amide bonds. The lowest BCUT2D eigenvalue weighted by molar-refractivity contribution is -0.134. The number of nitrogens with zero attached hydrogens (tertiary/aromatic N) is 9. The number of hydrogen-bond acceptors (Lipinski definition) is 12. The van der Waals surface area contributed by atoms with Crippen molar-refractivity contribution in [2.45, 2.75) is 106 Å². The van der Waals surface area contributed by atoms with Crippen molar-refractivity contribution in [3.63, 3.8) is 0 Å². The molecule has 2 N–H and O–H groups in total. The minimum Gasteiger partial charge on any atom is -0.375 e. The van der Waals surface area contributed by atoms with Gasteiger partial charge in [0.2, 0.25) is 11.8 Å². The molecule has 360 valence electrons. The third-order valence-electron chi connectivity index (χ3n) is 14.2. The maximum absolute atomic E-state index is 15.7. The van der Waals surface area contributed by atoms with Crippen LogP contribution >= 0.6 is 12.6 Å². The summed E-state index contributed by atoms with van der Waals surface area (Å²) in [5, 5.41) is 18.5. The first-order valence-electron chi connectivity index (χ1n) is 23.8. The molecule has 3 unspecified atom stereocenters. The molecule has 16 nitrogen and oxygen atoms in total. The van der Waals surface area contributed by atoms with E-state index in [4.69, 9.17) is 14.5 Å². The molecule has 2 aliphatic carbocycles. The molecule has 3 aliphatic heterocycles. The van der Waals surface area contributed by atoms with E-state index in [1.165, 1.54) is 29.8 Å². The maximum atomic E-state index is 15.7. The van der Waals surface area contributed by atoms with Crippen LogP contribution in [0.3, 0.4) is 0 Å². The number of morpholine rings is 1. The van der Waals surface area contributed by atoms with Crippen LogP contribution in [0.2, 0.25) is 0 Å². The topological polar surface area (TPSA) is 166 Å². The highest BCUT2D eigenvalue weighted by molar-refractivity contribution is 7.81. The van der Waals surface area contributed by atoms with Crippen LogP contribution in [0.15, 0.2) is 42.9 Å². The minimum absolute atomic E-state index is 0.0484. The minimum atomic E-state index is -2.91. The molecule has 10 rings (SSSR count). The van der Waals surface area contributed by atoms with Crippen LogP contribution in [0.4, 0.5) is 24.7 Å². The van der Waals surface area contributed by atoms with E-state index in [0.29, 0.717) is 81.2 Å². The van der Waals surface area contributed by atoms with Gasteiger partial charge in [0.15, 0.2) is 11.3 Å². The Morgan fingerprint density at radius 2 is 1.87 bits per heavy atom. The van der Waals surface area contributed by atoms with Gasteiger partial charge in [-0.15, -0.1) is 0 Å². The number of thiol groups is 1. The van der Waals surface area contributed by atoms with Crippen LogP contribution in [-0.4, -0.2) is 126 Å². The van der Waals surface area contributed by atoms with E-state index in [1.807, 2.05) is 24.3 Å². The summed E-state index contributed by atoms with van der Waals surface area (Å²) in [6, 6.07) is 7.36. The van der Waals surface area contributed by atoms with Crippen LogP contribution in [0, 0.1) is 23.7 Å². The highest BCUT2D eigenvalue weighted by Crippen LogP contribution is 2.38. The van der Waals surface area contributed by atoms with Crippen molar-refractivity contribution in [1.82, 2.24) is 44.4 Å². The van der Waals surface area contributed by atoms with Crippen molar-refractivity contribution in [1.29, 1.82) is 0 Å². The van der Waals surface area contributed by atoms with Crippen molar-refractivity contribution in [2.75, 3.05) is 56.2 Å². The lowest BCUT2D eigenvalue weighted by Crippen LogP contribution is -2.43. The number of piperidine rings is 1. The zero-order valence-electron chi connectivity index (χ0n) is 37.9. The van der Waals surface area contributed by atoms with Gasteiger partial charge in [-0.1, -0.05) is 36.8 Å². The number of amides is 3. The number of imide groups is 1. The zero-order chi connectivity index (χ0) is 47.1. The Morgan fingerprint density at radius 3 is 2.66 bits per heavy atom. The second kappa shape index (κ2) is 19.9. The van der Waals surface area contributed by atoms with Gasteiger partial charge in [0.05, 0.1) is 64.7 Å². The first-order valence-corrected chi connectivity index (χ1v) is 24.3. The third kappa shape index (κ3) is 9.98. The second-order valence-corrected chi connectivity index (χ2v) is 19.6. The van der Waals surface area contributed by atoms with E-state index in [-0.39, 0.29) is 60.7 Å². The molecule has 3 saturated heterocycles. The molecular formula is C48H56F3N11O5S. The van der Waals surface area contributed by atoms with Crippen molar-refractivity contribution >= 4 is 58.4 Å². The Bertz CT molecular complexity index is 2740. The average Bonchev–Trinajstić information content (AvgIpc) is 3.76. The van der Waals surface area contributed by atoms with E-state index in [1.54, 1.807) is 22.6 Å². The van der Waals surface area contributed by atoms with Crippen LogP contribution in [0.5, 0.6) is 0 Å². The highest BCUT2D eigenvalue weighted by atomic mass is 32.1. The fourth-order valence-electron chi connectivity index (χ4n) is 10.5. The molecule has 5 fully saturated rings. The van der Waals surface area contributed by atoms with Crippen molar-refractivity contribution in [3.05, 3.63) is 65.4 Å². The molecular weight excluding hydrogens is 900 g/mol. The zero-order valence-corrected chi connectivity index (χ0v) is 38.8. The number of aromatic nitrogens is 7. The standard InChI is InChI=1S/C48H56F3N11O5S/c1-58-43-30(4-2-6-33(43)41(56-58)34-13-14-40(63)55-47(34)64)5-3-20-67-38-15-17-59(26-36(49)44(38)68)24-29-9-11-31(12-10-29)62-27-37(42(57-62)45(50)51)53-48(65)35-23-52-61-18-16-39(54-46(35)61)60-19-21-66-32(25-60)22-28-7-8-28/h2,4,6,16,18,23,27-29,31-32,34,36,38,44-45,68H,7-15,17,19-22,24-26H2,1H3,(H,53,65)(H,55,63,64)/t29?,31?,32?,34?,36-,38+,44?/m1/s1. The van der Waals surface area contributed by atoms with Crippen LogP contribution in [0.25, 0.3) is 16.6 Å². The number of para-hydroxylation sites is 1. The number of alkyl halides is 3. The predicted octanol–water partition coefficient (Wildman–Crippen LogP) is 6.04.